The van der Waals surface area contributed by atoms with Crippen molar-refractivity contribution in [3.8, 4) is 28.3 Å². The highest BCUT2D eigenvalue weighted by Crippen LogP contribution is 2.20. The summed E-state index contributed by atoms with van der Waals surface area (Å²) in [7, 11) is 1.77. The topological polar surface area (TPSA) is 150 Å². The molecule has 272 valence electrons. The van der Waals surface area contributed by atoms with Crippen molar-refractivity contribution in [3.05, 3.63) is 120 Å². The molecule has 2 aromatic heterocycles. The van der Waals surface area contributed by atoms with E-state index < -0.39 is 11.0 Å². The molecule has 15 nitrogen and oxygen atoms in total. The molecule has 15 heteroatoms. The van der Waals surface area contributed by atoms with Gasteiger partial charge in [-0.1, -0.05) is 67.6 Å². The molecule has 3 aromatic carbocycles. The lowest BCUT2D eigenvalue weighted by atomic mass is 10.2. The van der Waals surface area contributed by atoms with Crippen LogP contribution in [0.2, 0.25) is 0 Å². The molecular formula is C37H42N8O7. The SMILES string of the molecule is CCN1CCOCC1.CN(C(=O)n1cnc(-c2ccccc2)c1)N1CCOCC1.O=C(Oc1ccc([N+](=O)[O-])cc1)n1cnc(-c2ccccc2)c1. The highest BCUT2D eigenvalue weighted by Gasteiger charge is 2.21. The fourth-order valence-corrected chi connectivity index (χ4v) is 5.21. The number of nitrogens with zero attached hydrogens (tertiary/aromatic N) is 8. The fourth-order valence-electron chi connectivity index (χ4n) is 5.21. The lowest BCUT2D eigenvalue weighted by Crippen LogP contribution is -2.50. The molecule has 0 aliphatic carbocycles. The third-order valence-corrected chi connectivity index (χ3v) is 8.23. The first-order valence-electron chi connectivity index (χ1n) is 16.9. The number of likely N-dealkylation sites (N-methyl/N-ethyl adjacent to an activating group) is 1. The molecule has 0 radical (unpaired) electrons. The molecule has 0 N–H and O–H groups in total. The minimum absolute atomic E-state index is 0.0706. The van der Waals surface area contributed by atoms with E-state index >= 15 is 0 Å². The molecule has 7 rings (SSSR count). The molecule has 0 bridgehead atoms. The van der Waals surface area contributed by atoms with Gasteiger partial charge < -0.3 is 14.2 Å². The van der Waals surface area contributed by atoms with Gasteiger partial charge in [0.1, 0.15) is 18.4 Å². The van der Waals surface area contributed by atoms with Crippen molar-refractivity contribution < 1.29 is 28.7 Å². The van der Waals surface area contributed by atoms with Gasteiger partial charge >= 0.3 is 12.1 Å². The molecule has 0 atom stereocenters. The number of hydrogen-bond donors (Lipinski definition) is 0. The maximum atomic E-state index is 12.5. The van der Waals surface area contributed by atoms with Gasteiger partial charge in [-0.25, -0.2) is 29.1 Å². The van der Waals surface area contributed by atoms with Crippen LogP contribution in [0.25, 0.3) is 22.5 Å². The average Bonchev–Trinajstić information content (AvgIpc) is 3.91. The Morgan fingerprint density at radius 3 is 1.77 bits per heavy atom. The predicted molar refractivity (Wildman–Crippen MR) is 194 cm³/mol. The monoisotopic (exact) mass is 710 g/mol. The first-order chi connectivity index (χ1) is 25.3. The maximum Gasteiger partial charge on any atom is 0.424 e. The molecule has 0 spiro atoms. The zero-order chi connectivity index (χ0) is 36.7. The number of carbonyl (C=O) groups excluding carboxylic acids is 2. The number of imidazole rings is 2. The van der Waals surface area contributed by atoms with E-state index in [4.69, 9.17) is 14.2 Å². The summed E-state index contributed by atoms with van der Waals surface area (Å²) in [5.41, 5.74) is 3.25. The Hall–Kier alpha value is -5.74. The Labute approximate surface area is 301 Å². The highest BCUT2D eigenvalue weighted by molar-refractivity contribution is 5.77. The minimum Gasteiger partial charge on any atom is -0.410 e. The number of aromatic nitrogens is 4. The Morgan fingerprint density at radius 2 is 1.27 bits per heavy atom. The molecule has 2 saturated heterocycles. The van der Waals surface area contributed by atoms with E-state index in [2.05, 4.69) is 21.8 Å². The first-order valence-corrected chi connectivity index (χ1v) is 16.9. The van der Waals surface area contributed by atoms with Crippen LogP contribution < -0.4 is 4.74 Å². The summed E-state index contributed by atoms with van der Waals surface area (Å²) in [4.78, 5) is 45.4. The Kier molecular flexibility index (Phi) is 13.7. The van der Waals surface area contributed by atoms with Gasteiger partial charge in [-0.05, 0) is 18.7 Å². The standard InChI is InChI=1S/C16H11N3O4.C15H18N4O2.C6H13NO/c20-16(23-14-8-6-13(7-9-14)19(21)22)18-10-15(17-11-18)12-4-2-1-3-5-12;1-17(19-7-9-21-10-8-19)15(20)18-11-14(16-12-18)13-5-3-2-4-6-13;1-2-7-3-5-8-6-4-7/h1-11H;2-6,11-12H,7-10H2,1H3;2-6H2,1H3. The van der Waals surface area contributed by atoms with Crippen molar-refractivity contribution >= 4 is 17.8 Å². The second-order valence-electron chi connectivity index (χ2n) is 11.6. The van der Waals surface area contributed by atoms with E-state index in [1.165, 1.54) is 46.3 Å². The number of rotatable bonds is 6. The van der Waals surface area contributed by atoms with Crippen LogP contribution in [0.5, 0.6) is 5.75 Å². The molecule has 4 heterocycles. The molecule has 5 aromatic rings. The summed E-state index contributed by atoms with van der Waals surface area (Å²) in [5, 5.41) is 14.2. The second kappa shape index (κ2) is 19.0. The summed E-state index contributed by atoms with van der Waals surface area (Å²) >= 11 is 0. The van der Waals surface area contributed by atoms with Crippen molar-refractivity contribution in [1.29, 1.82) is 0 Å². The number of hydrogen-bond acceptors (Lipinski definition) is 11. The summed E-state index contributed by atoms with van der Waals surface area (Å²) in [6.07, 6.45) is 5.59. The third-order valence-electron chi connectivity index (χ3n) is 8.23. The van der Waals surface area contributed by atoms with Gasteiger partial charge in [0.05, 0.1) is 42.7 Å². The lowest BCUT2D eigenvalue weighted by molar-refractivity contribution is -0.384. The number of carbonyl (C=O) groups is 2. The van der Waals surface area contributed by atoms with Crippen LogP contribution in [0.4, 0.5) is 15.3 Å². The molecule has 0 unspecified atom stereocenters. The van der Waals surface area contributed by atoms with E-state index in [9.17, 15) is 19.7 Å². The van der Waals surface area contributed by atoms with E-state index in [0.717, 1.165) is 56.2 Å². The van der Waals surface area contributed by atoms with Crippen molar-refractivity contribution in [1.82, 2.24) is 34.0 Å². The highest BCUT2D eigenvalue weighted by atomic mass is 16.6. The molecule has 2 aliphatic heterocycles. The number of non-ortho nitro benzene ring substituents is 1. The van der Waals surface area contributed by atoms with Gasteiger partial charge in [-0.15, -0.1) is 0 Å². The van der Waals surface area contributed by atoms with Crippen LogP contribution in [-0.4, -0.2) is 117 Å². The molecular weight excluding hydrogens is 668 g/mol. The molecule has 1 amide bonds. The number of morpholine rings is 2. The van der Waals surface area contributed by atoms with Gasteiger partial charge in [-0.3, -0.25) is 24.6 Å². The summed E-state index contributed by atoms with van der Waals surface area (Å²) < 4.78 is 18.3. The van der Waals surface area contributed by atoms with Crippen molar-refractivity contribution in [2.75, 3.05) is 66.2 Å². The molecule has 52 heavy (non-hydrogen) atoms. The van der Waals surface area contributed by atoms with Crippen molar-refractivity contribution in [2.45, 2.75) is 6.92 Å². The number of nitro benzene ring substituents is 1. The molecule has 0 saturated carbocycles. The number of hydrazine groups is 1. The first kappa shape index (κ1) is 37.5. The van der Waals surface area contributed by atoms with Crippen LogP contribution in [0.3, 0.4) is 0 Å². The van der Waals surface area contributed by atoms with Gasteiger partial charge in [0, 0.05) is 68.9 Å². The summed E-state index contributed by atoms with van der Waals surface area (Å²) in [6, 6.07) is 24.4. The Bertz CT molecular complexity index is 1850. The third kappa shape index (κ3) is 10.6. The Morgan fingerprint density at radius 1 is 0.769 bits per heavy atom. The van der Waals surface area contributed by atoms with Crippen LogP contribution in [0.1, 0.15) is 6.92 Å². The van der Waals surface area contributed by atoms with Crippen LogP contribution >= 0.6 is 0 Å². The smallest absolute Gasteiger partial charge is 0.410 e. The summed E-state index contributed by atoms with van der Waals surface area (Å²) in [5.74, 6) is 0.218. The van der Waals surface area contributed by atoms with E-state index in [1.54, 1.807) is 30.8 Å². The zero-order valence-electron chi connectivity index (χ0n) is 29.2. The van der Waals surface area contributed by atoms with E-state index in [-0.39, 0.29) is 17.5 Å². The largest absolute Gasteiger partial charge is 0.424 e. The maximum absolute atomic E-state index is 12.5. The Balaban J connectivity index is 0.000000167. The van der Waals surface area contributed by atoms with Crippen LogP contribution in [-0.2, 0) is 9.47 Å². The van der Waals surface area contributed by atoms with Gasteiger partial charge in [0.15, 0.2) is 0 Å². The average molecular weight is 711 g/mol. The van der Waals surface area contributed by atoms with Gasteiger partial charge in [0.25, 0.3) is 5.69 Å². The number of amides is 1. The fraction of sp³-hybridized carbons (Fsp3) is 0.297. The molecule has 2 fully saturated rings. The zero-order valence-corrected chi connectivity index (χ0v) is 29.2. The predicted octanol–water partition coefficient (Wildman–Crippen LogP) is 5.54. The number of nitro groups is 1. The van der Waals surface area contributed by atoms with Gasteiger partial charge in [0.2, 0.25) is 0 Å². The minimum atomic E-state index is -0.645. The number of benzene rings is 3. The van der Waals surface area contributed by atoms with Crippen molar-refractivity contribution in [2.24, 2.45) is 0 Å². The van der Waals surface area contributed by atoms with E-state index in [0.29, 0.717) is 18.9 Å². The second-order valence-corrected chi connectivity index (χ2v) is 11.6. The quantitative estimate of drug-likeness (QED) is 0.161. The molecule has 2 aliphatic rings. The van der Waals surface area contributed by atoms with Crippen molar-refractivity contribution in [3.63, 3.8) is 0 Å². The number of ether oxygens (including phenoxy) is 3. The normalized spacial score (nSPS) is 14.6. The lowest BCUT2D eigenvalue weighted by Gasteiger charge is -2.34. The van der Waals surface area contributed by atoms with E-state index in [1.807, 2.05) is 65.7 Å². The van der Waals surface area contributed by atoms with Crippen LogP contribution in [0.15, 0.2) is 110 Å². The van der Waals surface area contributed by atoms with Gasteiger partial charge in [-0.2, -0.15) is 0 Å². The summed E-state index contributed by atoms with van der Waals surface area (Å²) in [6.45, 7) is 10.2. The van der Waals surface area contributed by atoms with Crippen LogP contribution in [0, 0.1) is 10.1 Å².